The van der Waals surface area contributed by atoms with Crippen LogP contribution in [0.15, 0.2) is 0 Å². The van der Waals surface area contributed by atoms with Gasteiger partial charge in [0.2, 0.25) is 0 Å². The van der Waals surface area contributed by atoms with Crippen LogP contribution >= 0.6 is 0 Å². The van der Waals surface area contributed by atoms with Crippen LogP contribution in [0.1, 0.15) is 0 Å². The van der Waals surface area contributed by atoms with Crippen molar-refractivity contribution >= 4 is 13.8 Å². The Kier molecular flexibility index (Phi) is 4.91. The van der Waals surface area contributed by atoms with Crippen LogP contribution in [0.5, 0.6) is 0 Å². The van der Waals surface area contributed by atoms with Crippen molar-refractivity contribution < 1.29 is 9.31 Å². The van der Waals surface area contributed by atoms with Gasteiger partial charge in [0.05, 0.1) is 0 Å². The summed E-state index contributed by atoms with van der Waals surface area (Å²) in [5.41, 5.74) is 0. The lowest BCUT2D eigenvalue weighted by Gasteiger charge is -2.18. The second-order valence-corrected chi connectivity index (χ2v) is 2.75. The molecule has 4 heteroatoms. The predicted molar refractivity (Wildman–Crippen MR) is 42.0 cm³/mol. The van der Waals surface area contributed by atoms with Crippen molar-refractivity contribution in [3.63, 3.8) is 0 Å². The Morgan fingerprint density at radius 2 is 1.44 bits per heavy atom. The summed E-state index contributed by atoms with van der Waals surface area (Å²) in [4.78, 5) is 0. The molecule has 0 aromatic carbocycles. The average Bonchev–Trinajstić information content (AvgIpc) is 1.59. The summed E-state index contributed by atoms with van der Waals surface area (Å²) < 4.78 is 9.42. The molecule has 1 heterocycles. The Morgan fingerprint density at radius 1 is 1.22 bits per heavy atom. The molecule has 1 aliphatic rings. The molecule has 0 aromatic rings. The zero-order chi connectivity index (χ0) is 7.28. The molecule has 0 amide bonds. The van der Waals surface area contributed by atoms with Crippen LogP contribution in [-0.2, 0) is 9.31 Å². The SMILES string of the molecule is CB(C)C.CB1OCO1. The van der Waals surface area contributed by atoms with Crippen LogP contribution in [0.25, 0.3) is 0 Å². The van der Waals surface area contributed by atoms with Crippen LogP contribution in [0, 0.1) is 0 Å². The standard InChI is InChI=1S/C3H9B.C2H5BO2/c1-4(2)3;1-3-4-2-5-3/h1-3H3;2H2,1H3. The summed E-state index contributed by atoms with van der Waals surface area (Å²) in [7, 11) is 0.0648. The predicted octanol–water partition coefficient (Wildman–Crippen LogP) is 1.48. The van der Waals surface area contributed by atoms with Gasteiger partial charge < -0.3 is 9.31 Å². The molecule has 1 saturated heterocycles. The summed E-state index contributed by atoms with van der Waals surface area (Å²) in [5.74, 6) is 0. The van der Waals surface area contributed by atoms with Crippen molar-refractivity contribution in [2.45, 2.75) is 27.3 Å². The highest BCUT2D eigenvalue weighted by molar-refractivity contribution is 6.54. The van der Waals surface area contributed by atoms with E-state index < -0.39 is 0 Å². The normalized spacial score (nSPS) is 15.3. The van der Waals surface area contributed by atoms with Crippen LogP contribution in [-0.4, -0.2) is 20.6 Å². The van der Waals surface area contributed by atoms with E-state index in [0.29, 0.717) is 6.79 Å². The van der Waals surface area contributed by atoms with Crippen LogP contribution in [0.2, 0.25) is 27.3 Å². The Hall–Kier alpha value is 0.0499. The van der Waals surface area contributed by atoms with E-state index in [1.165, 1.54) is 0 Å². The van der Waals surface area contributed by atoms with Gasteiger partial charge in [-0.2, -0.15) is 0 Å². The van der Waals surface area contributed by atoms with E-state index >= 15 is 0 Å². The van der Waals surface area contributed by atoms with Gasteiger partial charge in [-0.25, -0.2) is 0 Å². The van der Waals surface area contributed by atoms with Gasteiger partial charge in [-0.1, -0.05) is 20.5 Å². The van der Waals surface area contributed by atoms with Gasteiger partial charge in [0.25, 0.3) is 0 Å². The van der Waals surface area contributed by atoms with E-state index in [4.69, 9.17) is 9.31 Å². The third-order valence-electron chi connectivity index (χ3n) is 0.605. The molecule has 0 aromatic heterocycles. The largest absolute Gasteiger partial charge is 0.456 e. The Bertz CT molecular complexity index is 61.2. The molecule has 52 valence electrons. The molecule has 0 spiro atoms. The number of hydrogen-bond donors (Lipinski definition) is 0. The summed E-state index contributed by atoms with van der Waals surface area (Å²) in [5, 5.41) is 0. The molecule has 0 bridgehead atoms. The Labute approximate surface area is 58.1 Å². The molecular formula is C5H14B2O2. The molecule has 0 aliphatic carbocycles. The van der Waals surface area contributed by atoms with Gasteiger partial charge in [-0.3, -0.25) is 0 Å². The number of rotatable bonds is 0. The van der Waals surface area contributed by atoms with Crippen molar-refractivity contribution in [2.75, 3.05) is 6.79 Å². The number of hydrogen-bond acceptors (Lipinski definition) is 2. The van der Waals surface area contributed by atoms with Crippen LogP contribution in [0.3, 0.4) is 0 Å². The van der Waals surface area contributed by atoms with Gasteiger partial charge in [0.15, 0.2) is 0 Å². The van der Waals surface area contributed by atoms with E-state index in [0.717, 1.165) is 6.71 Å². The molecule has 9 heavy (non-hydrogen) atoms. The minimum absolute atomic E-state index is 0.0648. The molecule has 0 atom stereocenters. The zero-order valence-corrected chi connectivity index (χ0v) is 6.68. The van der Waals surface area contributed by atoms with E-state index in [-0.39, 0.29) is 7.12 Å². The topological polar surface area (TPSA) is 18.5 Å². The summed E-state index contributed by atoms with van der Waals surface area (Å²) >= 11 is 0. The minimum atomic E-state index is 0.0648. The van der Waals surface area contributed by atoms with Crippen molar-refractivity contribution in [1.82, 2.24) is 0 Å². The van der Waals surface area contributed by atoms with Crippen molar-refractivity contribution in [3.05, 3.63) is 0 Å². The van der Waals surface area contributed by atoms with Crippen LogP contribution < -0.4 is 0 Å². The summed E-state index contributed by atoms with van der Waals surface area (Å²) in [6.07, 6.45) is 0. The van der Waals surface area contributed by atoms with E-state index in [2.05, 4.69) is 20.5 Å². The fraction of sp³-hybridized carbons (Fsp3) is 1.00. The average molecular weight is 128 g/mol. The highest BCUT2D eigenvalue weighted by Crippen LogP contribution is 1.97. The zero-order valence-electron chi connectivity index (χ0n) is 6.68. The summed E-state index contributed by atoms with van der Waals surface area (Å²) in [6.45, 7) is 9.69. The third-order valence-corrected chi connectivity index (χ3v) is 0.605. The molecule has 0 N–H and O–H groups in total. The second-order valence-electron chi connectivity index (χ2n) is 2.75. The van der Waals surface area contributed by atoms with Gasteiger partial charge in [-0.15, -0.1) is 0 Å². The molecule has 0 saturated carbocycles. The molecule has 0 unspecified atom stereocenters. The first kappa shape index (κ1) is 9.05. The monoisotopic (exact) mass is 128 g/mol. The highest BCUT2D eigenvalue weighted by Gasteiger charge is 2.17. The molecule has 1 aliphatic heterocycles. The third kappa shape index (κ3) is 8.05. The highest BCUT2D eigenvalue weighted by atomic mass is 16.8. The Balaban J connectivity index is 0.000000148. The lowest BCUT2D eigenvalue weighted by molar-refractivity contribution is -0.00865. The lowest BCUT2D eigenvalue weighted by Crippen LogP contribution is -2.31. The lowest BCUT2D eigenvalue weighted by atomic mass is 9.58. The molecular weight excluding hydrogens is 114 g/mol. The van der Waals surface area contributed by atoms with Gasteiger partial charge in [0, 0.05) is 0 Å². The molecule has 1 rings (SSSR count). The maximum absolute atomic E-state index is 4.71. The van der Waals surface area contributed by atoms with Crippen molar-refractivity contribution in [2.24, 2.45) is 0 Å². The molecule has 0 radical (unpaired) electrons. The Morgan fingerprint density at radius 3 is 1.44 bits per heavy atom. The first-order chi connectivity index (χ1) is 4.13. The van der Waals surface area contributed by atoms with E-state index in [9.17, 15) is 0 Å². The maximum atomic E-state index is 4.71. The smallest absolute Gasteiger partial charge is 0.389 e. The van der Waals surface area contributed by atoms with Gasteiger partial charge >= 0.3 is 7.12 Å². The quantitative estimate of drug-likeness (QED) is 0.459. The molecule has 1 fully saturated rings. The first-order valence-corrected chi connectivity index (χ1v) is 3.36. The van der Waals surface area contributed by atoms with E-state index in [1.807, 2.05) is 6.82 Å². The minimum Gasteiger partial charge on any atom is -0.389 e. The fourth-order valence-electron chi connectivity index (χ4n) is 0.204. The van der Waals surface area contributed by atoms with Gasteiger partial charge in [0.1, 0.15) is 13.5 Å². The first-order valence-electron chi connectivity index (χ1n) is 3.36. The maximum Gasteiger partial charge on any atom is 0.456 e. The fourth-order valence-corrected chi connectivity index (χ4v) is 0.204. The van der Waals surface area contributed by atoms with Crippen molar-refractivity contribution in [3.8, 4) is 0 Å². The van der Waals surface area contributed by atoms with Gasteiger partial charge in [-0.05, 0) is 6.82 Å². The van der Waals surface area contributed by atoms with Crippen molar-refractivity contribution in [1.29, 1.82) is 0 Å². The summed E-state index contributed by atoms with van der Waals surface area (Å²) in [6, 6.07) is 0. The second kappa shape index (κ2) is 4.89. The van der Waals surface area contributed by atoms with Crippen LogP contribution in [0.4, 0.5) is 0 Å². The van der Waals surface area contributed by atoms with E-state index in [1.54, 1.807) is 0 Å². The molecule has 2 nitrogen and oxygen atoms in total.